The van der Waals surface area contributed by atoms with Gasteiger partial charge in [0, 0.05) is 5.02 Å². The predicted octanol–water partition coefficient (Wildman–Crippen LogP) is 2.92. The van der Waals surface area contributed by atoms with Gasteiger partial charge in [-0.2, -0.15) is 0 Å². The monoisotopic (exact) mass is 311 g/mol. The average Bonchev–Trinajstić information content (AvgIpc) is 2.90. The highest BCUT2D eigenvalue weighted by Crippen LogP contribution is 2.30. The second-order valence-corrected chi connectivity index (χ2v) is 6.60. The number of aliphatic hydroxyl groups excluding tert-OH is 1. The van der Waals surface area contributed by atoms with E-state index >= 15 is 0 Å². The molecule has 1 aliphatic carbocycles. The van der Waals surface area contributed by atoms with Gasteiger partial charge in [-0.25, -0.2) is 0 Å². The normalized spacial score (nSPS) is 17.5. The number of carbonyl (C=O) groups is 1. The number of hydrogen-bond donors (Lipinski definition) is 2. The molecule has 1 fully saturated rings. The summed E-state index contributed by atoms with van der Waals surface area (Å²) in [4.78, 5) is 12.5. The highest BCUT2D eigenvalue weighted by Gasteiger charge is 2.39. The van der Waals surface area contributed by atoms with Gasteiger partial charge in [0.25, 0.3) is 5.91 Å². The van der Waals surface area contributed by atoms with E-state index < -0.39 is 11.1 Å². The summed E-state index contributed by atoms with van der Waals surface area (Å²) in [5.41, 5.74) is -1.50. The number of amides is 1. The predicted molar refractivity (Wildman–Crippen MR) is 82.6 cm³/mol. The van der Waals surface area contributed by atoms with Crippen LogP contribution in [0.15, 0.2) is 24.3 Å². The standard InChI is InChI=1S/C16H22ClNO3/c1-15(2,21-13-7-5-12(17)6-8-13)14(20)18-16(11-19)9-3-4-10-16/h5-8,19H,3-4,9-11H2,1-2H3,(H,18,20). The zero-order valence-electron chi connectivity index (χ0n) is 12.5. The molecule has 1 saturated carbocycles. The molecular formula is C16H22ClNO3. The first-order valence-electron chi connectivity index (χ1n) is 7.25. The maximum Gasteiger partial charge on any atom is 0.264 e. The van der Waals surface area contributed by atoms with Crippen LogP contribution in [0.2, 0.25) is 5.02 Å². The van der Waals surface area contributed by atoms with Crippen molar-refractivity contribution in [3.63, 3.8) is 0 Å². The summed E-state index contributed by atoms with van der Waals surface area (Å²) in [6.45, 7) is 3.41. The van der Waals surface area contributed by atoms with Crippen LogP contribution in [0.5, 0.6) is 5.75 Å². The van der Waals surface area contributed by atoms with Crippen LogP contribution >= 0.6 is 11.6 Å². The summed E-state index contributed by atoms with van der Waals surface area (Å²) in [5.74, 6) is 0.373. The molecule has 2 N–H and O–H groups in total. The summed E-state index contributed by atoms with van der Waals surface area (Å²) >= 11 is 5.83. The largest absolute Gasteiger partial charge is 0.478 e. The summed E-state index contributed by atoms with van der Waals surface area (Å²) in [7, 11) is 0. The Labute approximate surface area is 130 Å². The molecule has 0 spiro atoms. The molecule has 0 radical (unpaired) electrons. The highest BCUT2D eigenvalue weighted by molar-refractivity contribution is 6.30. The van der Waals surface area contributed by atoms with Gasteiger partial charge < -0.3 is 15.2 Å². The van der Waals surface area contributed by atoms with E-state index in [1.807, 2.05) is 0 Å². The van der Waals surface area contributed by atoms with Crippen LogP contribution in [-0.2, 0) is 4.79 Å². The molecule has 0 atom stereocenters. The molecular weight excluding hydrogens is 290 g/mol. The third-order valence-electron chi connectivity index (χ3n) is 3.98. The maximum absolute atomic E-state index is 12.5. The molecule has 5 heteroatoms. The fourth-order valence-corrected chi connectivity index (χ4v) is 2.74. The van der Waals surface area contributed by atoms with Gasteiger partial charge in [0.2, 0.25) is 0 Å². The van der Waals surface area contributed by atoms with Crippen LogP contribution in [0.4, 0.5) is 0 Å². The number of nitrogens with one attached hydrogen (secondary N) is 1. The van der Waals surface area contributed by atoms with E-state index in [9.17, 15) is 9.90 Å². The van der Waals surface area contributed by atoms with Crippen molar-refractivity contribution in [2.45, 2.75) is 50.7 Å². The number of ether oxygens (including phenoxy) is 1. The lowest BCUT2D eigenvalue weighted by Gasteiger charge is -2.33. The molecule has 116 valence electrons. The van der Waals surface area contributed by atoms with Crippen molar-refractivity contribution in [1.29, 1.82) is 0 Å². The van der Waals surface area contributed by atoms with E-state index in [-0.39, 0.29) is 12.5 Å². The maximum atomic E-state index is 12.5. The van der Waals surface area contributed by atoms with Crippen LogP contribution in [0.1, 0.15) is 39.5 Å². The van der Waals surface area contributed by atoms with Crippen LogP contribution in [0.25, 0.3) is 0 Å². The smallest absolute Gasteiger partial charge is 0.264 e. The molecule has 0 bridgehead atoms. The number of rotatable bonds is 5. The number of carbonyl (C=O) groups excluding carboxylic acids is 1. The first-order valence-corrected chi connectivity index (χ1v) is 7.63. The van der Waals surface area contributed by atoms with Gasteiger partial charge in [-0.1, -0.05) is 24.4 Å². The number of benzene rings is 1. The molecule has 4 nitrogen and oxygen atoms in total. The molecule has 1 aromatic carbocycles. The van der Waals surface area contributed by atoms with Crippen molar-refractivity contribution < 1.29 is 14.6 Å². The SMILES string of the molecule is CC(C)(Oc1ccc(Cl)cc1)C(=O)NC1(CO)CCCC1. The van der Waals surface area contributed by atoms with Crippen LogP contribution in [0, 0.1) is 0 Å². The second-order valence-electron chi connectivity index (χ2n) is 6.17. The van der Waals surface area contributed by atoms with Gasteiger partial charge >= 0.3 is 0 Å². The van der Waals surface area contributed by atoms with E-state index in [2.05, 4.69) is 5.32 Å². The Balaban J connectivity index is 2.04. The zero-order valence-corrected chi connectivity index (χ0v) is 13.2. The molecule has 1 amide bonds. The second kappa shape index (κ2) is 6.24. The number of aliphatic hydroxyl groups is 1. The van der Waals surface area contributed by atoms with E-state index in [0.717, 1.165) is 25.7 Å². The van der Waals surface area contributed by atoms with Crippen molar-refractivity contribution in [3.05, 3.63) is 29.3 Å². The molecule has 1 aliphatic rings. The van der Waals surface area contributed by atoms with Crippen LogP contribution < -0.4 is 10.1 Å². The molecule has 0 aromatic heterocycles. The Hall–Kier alpha value is -1.26. The van der Waals surface area contributed by atoms with Crippen molar-refractivity contribution in [1.82, 2.24) is 5.32 Å². The molecule has 21 heavy (non-hydrogen) atoms. The van der Waals surface area contributed by atoms with Gasteiger partial charge in [-0.05, 0) is 51.0 Å². The van der Waals surface area contributed by atoms with Crippen molar-refractivity contribution >= 4 is 17.5 Å². The Morgan fingerprint density at radius 2 is 1.90 bits per heavy atom. The minimum absolute atomic E-state index is 0.0320. The van der Waals surface area contributed by atoms with Gasteiger partial charge in [0.15, 0.2) is 5.60 Å². The Morgan fingerprint density at radius 3 is 2.43 bits per heavy atom. The Bertz CT molecular complexity index is 493. The van der Waals surface area contributed by atoms with E-state index in [0.29, 0.717) is 10.8 Å². The Kier molecular flexibility index (Phi) is 4.79. The van der Waals surface area contributed by atoms with E-state index in [1.165, 1.54) is 0 Å². The van der Waals surface area contributed by atoms with Crippen LogP contribution in [-0.4, -0.2) is 28.8 Å². The number of halogens is 1. The first-order chi connectivity index (χ1) is 9.87. The van der Waals surface area contributed by atoms with E-state index in [1.54, 1.807) is 38.1 Å². The van der Waals surface area contributed by atoms with E-state index in [4.69, 9.17) is 16.3 Å². The third kappa shape index (κ3) is 3.89. The summed E-state index contributed by atoms with van der Waals surface area (Å²) in [5, 5.41) is 13.2. The summed E-state index contributed by atoms with van der Waals surface area (Å²) in [6.07, 6.45) is 3.68. The minimum Gasteiger partial charge on any atom is -0.478 e. The molecule has 2 rings (SSSR count). The number of hydrogen-bond acceptors (Lipinski definition) is 3. The average molecular weight is 312 g/mol. The topological polar surface area (TPSA) is 58.6 Å². The minimum atomic E-state index is -1.02. The molecule has 1 aromatic rings. The fourth-order valence-electron chi connectivity index (χ4n) is 2.61. The van der Waals surface area contributed by atoms with Gasteiger partial charge in [-0.3, -0.25) is 4.79 Å². The molecule has 0 heterocycles. The fraction of sp³-hybridized carbons (Fsp3) is 0.562. The van der Waals surface area contributed by atoms with Crippen molar-refractivity contribution in [3.8, 4) is 5.75 Å². The highest BCUT2D eigenvalue weighted by atomic mass is 35.5. The zero-order chi connectivity index (χ0) is 15.5. The molecule has 0 aliphatic heterocycles. The van der Waals surface area contributed by atoms with Gasteiger partial charge in [0.05, 0.1) is 12.1 Å². The van der Waals surface area contributed by atoms with Crippen molar-refractivity contribution in [2.24, 2.45) is 0 Å². The third-order valence-corrected chi connectivity index (χ3v) is 4.23. The first kappa shape index (κ1) is 16.1. The molecule has 0 saturated heterocycles. The van der Waals surface area contributed by atoms with Gasteiger partial charge in [-0.15, -0.1) is 0 Å². The summed E-state index contributed by atoms with van der Waals surface area (Å²) < 4.78 is 5.77. The lowest BCUT2D eigenvalue weighted by molar-refractivity contribution is -0.136. The lowest BCUT2D eigenvalue weighted by Crippen LogP contribution is -2.57. The Morgan fingerprint density at radius 1 is 1.33 bits per heavy atom. The van der Waals surface area contributed by atoms with Crippen molar-refractivity contribution in [2.75, 3.05) is 6.61 Å². The van der Waals surface area contributed by atoms with Gasteiger partial charge in [0.1, 0.15) is 5.75 Å². The quantitative estimate of drug-likeness (QED) is 0.879. The molecule has 0 unspecified atom stereocenters. The summed E-state index contributed by atoms with van der Waals surface area (Å²) in [6, 6.07) is 6.90. The van der Waals surface area contributed by atoms with Crippen LogP contribution in [0.3, 0.4) is 0 Å². The lowest BCUT2D eigenvalue weighted by atomic mass is 9.96.